The van der Waals surface area contributed by atoms with E-state index < -0.39 is 8.32 Å². The number of aromatic nitrogens is 4. The molecular formula is C47H53Cl2N7O4Si. The van der Waals surface area contributed by atoms with Gasteiger partial charge < -0.3 is 13.9 Å². The molecule has 7 rings (SSSR count). The van der Waals surface area contributed by atoms with Crippen LogP contribution in [-0.4, -0.2) is 83.7 Å². The van der Waals surface area contributed by atoms with Crippen LogP contribution in [-0.2, 0) is 37.0 Å². The summed E-state index contributed by atoms with van der Waals surface area (Å²) in [5.41, 5.74) is 7.35. The summed E-state index contributed by atoms with van der Waals surface area (Å²) in [6, 6.07) is 17.0. The predicted octanol–water partition coefficient (Wildman–Crippen LogP) is 9.62. The molecule has 1 saturated heterocycles. The van der Waals surface area contributed by atoms with Crippen LogP contribution in [0.4, 0.5) is 0 Å². The Balaban J connectivity index is 1.13. The number of carbonyl (C=O) groups excluding carboxylic acids is 1. The van der Waals surface area contributed by atoms with Gasteiger partial charge in [-0.2, -0.15) is 5.26 Å². The second-order valence-corrected chi connectivity index (χ2v) is 23.2. The molecule has 0 amide bonds. The number of fused-ring (bicyclic) bond motifs is 1. The number of hydrogen-bond acceptors (Lipinski definition) is 11. The molecule has 14 heteroatoms. The molecule has 1 fully saturated rings. The molecule has 2 aromatic carbocycles. The maximum Gasteiger partial charge on any atom is 0.237 e. The first kappa shape index (κ1) is 44.3. The van der Waals surface area contributed by atoms with E-state index in [4.69, 9.17) is 52.1 Å². The smallest absolute Gasteiger partial charge is 0.237 e. The topological polar surface area (TPSA) is 127 Å². The van der Waals surface area contributed by atoms with Gasteiger partial charge in [-0.05, 0) is 42.1 Å². The summed E-state index contributed by atoms with van der Waals surface area (Å²) >= 11 is 14.3. The normalized spacial score (nSPS) is 14.9. The number of benzene rings is 2. The van der Waals surface area contributed by atoms with E-state index in [0.717, 1.165) is 48.7 Å². The zero-order chi connectivity index (χ0) is 43.5. The number of Topliss-reactive ketones (excluding diaryl/α,β-unsaturated/α-hetero) is 1. The molecule has 0 radical (unpaired) electrons. The second kappa shape index (κ2) is 18.7. The van der Waals surface area contributed by atoms with Gasteiger partial charge in [0, 0.05) is 98.6 Å². The Labute approximate surface area is 370 Å². The highest BCUT2D eigenvalue weighted by molar-refractivity contribution is 6.74. The van der Waals surface area contributed by atoms with Crippen molar-refractivity contribution >= 4 is 37.3 Å². The summed E-state index contributed by atoms with van der Waals surface area (Å²) in [5, 5.41) is 10.4. The number of halogens is 2. The zero-order valence-corrected chi connectivity index (χ0v) is 38.5. The number of ether oxygens (including phenoxy) is 2. The lowest BCUT2D eigenvalue weighted by Gasteiger charge is -2.37. The van der Waals surface area contributed by atoms with Crippen LogP contribution in [0.25, 0.3) is 22.4 Å². The van der Waals surface area contributed by atoms with Crippen molar-refractivity contribution < 1.29 is 18.7 Å². The molecule has 61 heavy (non-hydrogen) atoms. The molecule has 0 spiro atoms. The van der Waals surface area contributed by atoms with Crippen LogP contribution in [0.3, 0.4) is 0 Å². The van der Waals surface area contributed by atoms with Crippen LogP contribution in [0.1, 0.15) is 71.8 Å². The van der Waals surface area contributed by atoms with Crippen molar-refractivity contribution in [3.8, 4) is 40.1 Å². The molecular weight excluding hydrogens is 826 g/mol. The number of pyridine rings is 2. The molecule has 318 valence electrons. The molecule has 0 N–H and O–H groups in total. The Hall–Kier alpha value is -4.74. The molecule has 0 saturated carbocycles. The van der Waals surface area contributed by atoms with E-state index in [1.807, 2.05) is 36.4 Å². The fourth-order valence-corrected chi connectivity index (χ4v) is 9.20. The van der Waals surface area contributed by atoms with E-state index in [2.05, 4.69) is 61.6 Å². The third-order valence-electron chi connectivity index (χ3n) is 12.0. The van der Waals surface area contributed by atoms with E-state index in [9.17, 15) is 10.1 Å². The first-order chi connectivity index (χ1) is 29.1. The van der Waals surface area contributed by atoms with Crippen molar-refractivity contribution in [3.05, 3.63) is 117 Å². The van der Waals surface area contributed by atoms with Crippen molar-refractivity contribution in [2.24, 2.45) is 5.92 Å². The highest BCUT2D eigenvalue weighted by Gasteiger charge is 2.37. The first-order valence-corrected chi connectivity index (χ1v) is 24.4. The minimum atomic E-state index is -1.91. The van der Waals surface area contributed by atoms with Gasteiger partial charge in [0.2, 0.25) is 5.88 Å². The quantitative estimate of drug-likeness (QED) is 0.0737. The Bertz CT molecular complexity index is 2460. The third kappa shape index (κ3) is 10.2. The minimum absolute atomic E-state index is 0.00729. The number of methoxy groups -OCH3 is 1. The maximum absolute atomic E-state index is 14.3. The number of rotatable bonds is 15. The number of carbonyl (C=O) groups is 1. The summed E-state index contributed by atoms with van der Waals surface area (Å²) in [5.74, 6) is 1.54. The van der Waals surface area contributed by atoms with Gasteiger partial charge in [-0.25, -0.2) is 9.97 Å². The van der Waals surface area contributed by atoms with Crippen LogP contribution in [0.15, 0.2) is 67.1 Å². The molecule has 5 aromatic rings. The SMILES string of the molecule is COc1nc(-c2cccc(-c3cccc(CC(=O)c4cc(OCc5cncc(C#N)c5)c5c(n4)CN(CCO[Si](C)(C)C(C)(C)C)CC5)c3Cl)c2Cl)cnc1CN1CC(C)C1. The van der Waals surface area contributed by atoms with Gasteiger partial charge in [-0.1, -0.05) is 87.3 Å². The van der Waals surface area contributed by atoms with Crippen molar-refractivity contribution in [1.29, 1.82) is 5.26 Å². The predicted molar refractivity (Wildman–Crippen MR) is 242 cm³/mol. The van der Waals surface area contributed by atoms with Gasteiger partial charge in [-0.3, -0.25) is 24.6 Å². The lowest BCUT2D eigenvalue weighted by atomic mass is 9.97. The Kier molecular flexibility index (Phi) is 13.6. The molecule has 2 aliphatic rings. The zero-order valence-electron chi connectivity index (χ0n) is 36.0. The minimum Gasteiger partial charge on any atom is -0.488 e. The standard InChI is InChI=1S/C47H53Cl2N7O4Si/c1-30-25-56(26-30)28-41-46(58-5)54-39(24-52-41)37-13-9-12-35(45(37)49)34-11-8-10-33(44(34)48)19-42(57)38-20-43(59-29-32-18-31(21-50)22-51-23-32)36-14-15-55(27-40(36)53-38)16-17-60-61(6,7)47(2,3)4/h8-13,18,20,22-24,30H,14-17,19,25-29H2,1-7H3. The lowest BCUT2D eigenvalue weighted by molar-refractivity contribution is 0.0986. The van der Waals surface area contributed by atoms with E-state index in [0.29, 0.717) is 87.2 Å². The van der Waals surface area contributed by atoms with Crippen molar-refractivity contribution in [2.75, 3.05) is 39.9 Å². The molecule has 3 aromatic heterocycles. The number of nitrogens with zero attached hydrogens (tertiary/aromatic N) is 7. The Morgan fingerprint density at radius 2 is 1.72 bits per heavy atom. The summed E-state index contributed by atoms with van der Waals surface area (Å²) in [4.78, 5) is 37.6. The summed E-state index contributed by atoms with van der Waals surface area (Å²) in [6.07, 6.45) is 5.64. The second-order valence-electron chi connectivity index (χ2n) is 17.6. The summed E-state index contributed by atoms with van der Waals surface area (Å²) in [7, 11) is -0.305. The molecule has 0 unspecified atom stereocenters. The van der Waals surface area contributed by atoms with Gasteiger partial charge in [0.05, 0.1) is 40.3 Å². The summed E-state index contributed by atoms with van der Waals surface area (Å²) in [6.45, 7) is 19.1. The maximum atomic E-state index is 14.3. The van der Waals surface area contributed by atoms with Crippen LogP contribution in [0.5, 0.6) is 11.6 Å². The fourth-order valence-electron chi connectivity index (χ4n) is 7.55. The fraction of sp³-hybridized carbons (Fsp3) is 0.404. The highest BCUT2D eigenvalue weighted by Crippen LogP contribution is 2.41. The van der Waals surface area contributed by atoms with Crippen LogP contribution < -0.4 is 9.47 Å². The highest BCUT2D eigenvalue weighted by atomic mass is 35.5. The molecule has 0 bridgehead atoms. The Morgan fingerprint density at radius 3 is 2.44 bits per heavy atom. The summed E-state index contributed by atoms with van der Waals surface area (Å²) < 4.78 is 18.6. The molecule has 5 heterocycles. The van der Waals surface area contributed by atoms with Gasteiger partial charge >= 0.3 is 0 Å². The van der Waals surface area contributed by atoms with Gasteiger partial charge in [0.25, 0.3) is 0 Å². The van der Waals surface area contributed by atoms with Gasteiger partial charge in [0.15, 0.2) is 14.1 Å². The average Bonchev–Trinajstić information content (AvgIpc) is 3.22. The van der Waals surface area contributed by atoms with Crippen molar-refractivity contribution in [2.45, 2.75) is 78.4 Å². The van der Waals surface area contributed by atoms with Crippen molar-refractivity contribution in [1.82, 2.24) is 29.7 Å². The molecule has 0 aliphatic carbocycles. The largest absolute Gasteiger partial charge is 0.488 e. The van der Waals surface area contributed by atoms with E-state index in [1.54, 1.807) is 31.6 Å². The van der Waals surface area contributed by atoms with Crippen molar-refractivity contribution in [3.63, 3.8) is 0 Å². The number of likely N-dealkylation sites (tertiary alicyclic amines) is 1. The first-order valence-electron chi connectivity index (χ1n) is 20.7. The van der Waals surface area contributed by atoms with Gasteiger partial charge in [-0.15, -0.1) is 0 Å². The lowest BCUT2D eigenvalue weighted by Crippen LogP contribution is -2.44. The van der Waals surface area contributed by atoms with Gasteiger partial charge in [0.1, 0.15) is 29.8 Å². The Morgan fingerprint density at radius 1 is 0.984 bits per heavy atom. The van der Waals surface area contributed by atoms with Crippen LogP contribution in [0, 0.1) is 17.2 Å². The van der Waals surface area contributed by atoms with Crippen LogP contribution in [0.2, 0.25) is 28.2 Å². The molecule has 0 atom stereocenters. The number of ketones is 1. The van der Waals surface area contributed by atoms with E-state index in [-0.39, 0.29) is 29.5 Å². The van der Waals surface area contributed by atoms with E-state index in [1.165, 1.54) is 6.20 Å². The molecule has 2 aliphatic heterocycles. The van der Waals surface area contributed by atoms with Crippen LogP contribution >= 0.6 is 23.2 Å². The number of nitriles is 1. The number of hydrogen-bond donors (Lipinski definition) is 0. The van der Waals surface area contributed by atoms with E-state index >= 15 is 0 Å². The average molecular weight is 879 g/mol. The molecule has 11 nitrogen and oxygen atoms in total. The monoisotopic (exact) mass is 877 g/mol. The third-order valence-corrected chi connectivity index (χ3v) is 17.4.